The van der Waals surface area contributed by atoms with Crippen molar-refractivity contribution in [3.8, 4) is 16.9 Å². The van der Waals surface area contributed by atoms with Gasteiger partial charge in [0.1, 0.15) is 11.4 Å². The van der Waals surface area contributed by atoms with Crippen LogP contribution in [0.4, 0.5) is 0 Å². The molecule has 0 aliphatic carbocycles. The summed E-state index contributed by atoms with van der Waals surface area (Å²) in [5.74, 6) is 0.882. The average molecular weight is 552 g/mol. The number of benzene rings is 3. The van der Waals surface area contributed by atoms with E-state index < -0.39 is 0 Å². The number of rotatable bonds is 11. The Labute approximate surface area is 229 Å². The normalized spacial score (nSPS) is 11.2. The second-order valence-electron chi connectivity index (χ2n) is 8.22. The molecule has 11 heteroatoms. The summed E-state index contributed by atoms with van der Waals surface area (Å²) in [6.45, 7) is 1.89. The molecule has 0 bridgehead atoms. The molecule has 5 rings (SSSR count). The molecule has 0 saturated carbocycles. The van der Waals surface area contributed by atoms with Crippen LogP contribution in [0.15, 0.2) is 84.0 Å². The van der Waals surface area contributed by atoms with E-state index in [4.69, 9.17) is 33.4 Å². The molecule has 0 aliphatic rings. The maximum absolute atomic E-state index is 6.38. The van der Waals surface area contributed by atoms with Crippen LogP contribution in [0.5, 0.6) is 0 Å². The smallest absolute Gasteiger partial charge is 0.214 e. The fraction of sp³-hybridized carbons (Fsp3) is 0.192. The zero-order chi connectivity index (χ0) is 25.5. The first kappa shape index (κ1) is 25.4. The molecule has 2 aromatic heterocycles. The number of aromatic nitrogens is 7. The standard InChI is InChI=1S/C26H24Cl2N8S/c27-21-13-12-20(23(28)16-21)18-35-31-24(25(32-35)19-8-3-1-4-9-19)17-29-14-7-15-37-26-30-33-34-36(26)22-10-5-2-6-11-22/h1-6,8-13,16,29H,7,14-15,17-18H2. The van der Waals surface area contributed by atoms with Crippen LogP contribution in [0, 0.1) is 0 Å². The van der Waals surface area contributed by atoms with Crippen LogP contribution < -0.4 is 5.32 Å². The Morgan fingerprint density at radius 1 is 0.892 bits per heavy atom. The second-order valence-corrected chi connectivity index (χ2v) is 10.1. The minimum Gasteiger partial charge on any atom is -0.311 e. The van der Waals surface area contributed by atoms with Gasteiger partial charge in [-0.15, -0.1) is 5.10 Å². The maximum Gasteiger partial charge on any atom is 0.214 e. The molecule has 5 aromatic rings. The van der Waals surface area contributed by atoms with Crippen LogP contribution in [0.25, 0.3) is 16.9 Å². The molecule has 0 spiro atoms. The molecule has 0 atom stereocenters. The van der Waals surface area contributed by atoms with Gasteiger partial charge in [-0.1, -0.05) is 89.6 Å². The molecule has 3 aromatic carbocycles. The lowest BCUT2D eigenvalue weighted by molar-refractivity contribution is 0.576. The molecule has 0 aliphatic heterocycles. The van der Waals surface area contributed by atoms with Gasteiger partial charge in [-0.25, -0.2) is 0 Å². The Balaban J connectivity index is 1.19. The molecular formula is C26H24Cl2N8S. The predicted molar refractivity (Wildman–Crippen MR) is 147 cm³/mol. The van der Waals surface area contributed by atoms with Crippen LogP contribution in [-0.4, -0.2) is 47.5 Å². The minimum atomic E-state index is 0.461. The number of hydrogen-bond donors (Lipinski definition) is 1. The topological polar surface area (TPSA) is 86.3 Å². The first-order valence-electron chi connectivity index (χ1n) is 11.8. The SMILES string of the molecule is Clc1ccc(Cn2nc(CNCCCSc3nnnn3-c3ccccc3)c(-c3ccccc3)n2)c(Cl)c1. The van der Waals surface area contributed by atoms with Crippen molar-refractivity contribution in [2.45, 2.75) is 24.7 Å². The van der Waals surface area contributed by atoms with E-state index in [9.17, 15) is 0 Å². The van der Waals surface area contributed by atoms with E-state index in [1.807, 2.05) is 72.8 Å². The van der Waals surface area contributed by atoms with Crippen molar-refractivity contribution < 1.29 is 0 Å². The van der Waals surface area contributed by atoms with Crippen LogP contribution >= 0.6 is 35.0 Å². The number of thioether (sulfide) groups is 1. The number of tetrazole rings is 1. The van der Waals surface area contributed by atoms with Crippen LogP contribution in [0.2, 0.25) is 10.0 Å². The highest BCUT2D eigenvalue weighted by Gasteiger charge is 2.14. The summed E-state index contributed by atoms with van der Waals surface area (Å²) in [6.07, 6.45) is 0.946. The zero-order valence-corrected chi connectivity index (χ0v) is 22.2. The third kappa shape index (κ3) is 6.56. The second kappa shape index (κ2) is 12.3. The van der Waals surface area contributed by atoms with Crippen molar-refractivity contribution in [2.24, 2.45) is 0 Å². The quantitative estimate of drug-likeness (QED) is 0.170. The molecule has 0 radical (unpaired) electrons. The largest absolute Gasteiger partial charge is 0.311 e. The van der Waals surface area contributed by atoms with E-state index in [-0.39, 0.29) is 0 Å². The van der Waals surface area contributed by atoms with E-state index in [1.165, 1.54) is 0 Å². The lowest BCUT2D eigenvalue weighted by Crippen LogP contribution is -2.16. The number of hydrogen-bond acceptors (Lipinski definition) is 7. The van der Waals surface area contributed by atoms with E-state index in [1.54, 1.807) is 27.3 Å². The van der Waals surface area contributed by atoms with Gasteiger partial charge < -0.3 is 5.32 Å². The molecule has 2 heterocycles. The first-order valence-corrected chi connectivity index (χ1v) is 13.5. The molecule has 0 saturated heterocycles. The Morgan fingerprint density at radius 2 is 1.68 bits per heavy atom. The van der Waals surface area contributed by atoms with Crippen molar-refractivity contribution in [2.75, 3.05) is 12.3 Å². The van der Waals surface area contributed by atoms with E-state index in [0.29, 0.717) is 23.1 Å². The fourth-order valence-electron chi connectivity index (χ4n) is 3.76. The Hall–Kier alpha value is -3.24. The highest BCUT2D eigenvalue weighted by molar-refractivity contribution is 7.99. The van der Waals surface area contributed by atoms with Gasteiger partial charge in [0.25, 0.3) is 0 Å². The molecule has 8 nitrogen and oxygen atoms in total. The van der Waals surface area contributed by atoms with Gasteiger partial charge >= 0.3 is 0 Å². The van der Waals surface area contributed by atoms with Gasteiger partial charge in [0.2, 0.25) is 5.16 Å². The molecule has 0 amide bonds. The summed E-state index contributed by atoms with van der Waals surface area (Å²) < 4.78 is 1.76. The fourth-order valence-corrected chi connectivity index (χ4v) is 5.06. The van der Waals surface area contributed by atoms with Crippen molar-refractivity contribution in [1.82, 2.24) is 40.5 Å². The molecule has 37 heavy (non-hydrogen) atoms. The zero-order valence-electron chi connectivity index (χ0n) is 19.8. The number of halogens is 2. The lowest BCUT2D eigenvalue weighted by atomic mass is 10.1. The third-order valence-corrected chi connectivity index (χ3v) is 7.15. The van der Waals surface area contributed by atoms with Crippen molar-refractivity contribution in [3.05, 3.63) is 100 Å². The van der Waals surface area contributed by atoms with Crippen LogP contribution in [-0.2, 0) is 13.1 Å². The Bertz CT molecular complexity index is 1440. The lowest BCUT2D eigenvalue weighted by Gasteiger charge is -2.05. The number of nitrogens with zero attached hydrogens (tertiary/aromatic N) is 7. The summed E-state index contributed by atoms with van der Waals surface area (Å²) in [6, 6.07) is 25.4. The van der Waals surface area contributed by atoms with Gasteiger partial charge in [-0.05, 0) is 53.2 Å². The van der Waals surface area contributed by atoms with Gasteiger partial charge in [0.15, 0.2) is 0 Å². The summed E-state index contributed by atoms with van der Waals surface area (Å²) in [7, 11) is 0. The van der Waals surface area contributed by atoms with E-state index in [2.05, 4.69) is 20.8 Å². The van der Waals surface area contributed by atoms with Crippen molar-refractivity contribution >= 4 is 35.0 Å². The predicted octanol–water partition coefficient (Wildman–Crippen LogP) is 5.55. The van der Waals surface area contributed by atoms with E-state index >= 15 is 0 Å². The van der Waals surface area contributed by atoms with Gasteiger partial charge in [0.05, 0.1) is 12.2 Å². The Morgan fingerprint density at radius 3 is 2.46 bits per heavy atom. The summed E-state index contributed by atoms with van der Waals surface area (Å²) in [5.41, 5.74) is 4.63. The third-order valence-electron chi connectivity index (χ3n) is 5.56. The molecular weight excluding hydrogens is 527 g/mol. The monoisotopic (exact) mass is 550 g/mol. The van der Waals surface area contributed by atoms with Crippen LogP contribution in [0.3, 0.4) is 0 Å². The molecule has 0 unspecified atom stereocenters. The molecule has 0 fully saturated rings. The van der Waals surface area contributed by atoms with Crippen molar-refractivity contribution in [1.29, 1.82) is 0 Å². The number of nitrogens with one attached hydrogen (secondary N) is 1. The van der Waals surface area contributed by atoms with Crippen LogP contribution in [0.1, 0.15) is 17.7 Å². The average Bonchev–Trinajstić information content (AvgIpc) is 3.56. The van der Waals surface area contributed by atoms with Crippen molar-refractivity contribution in [3.63, 3.8) is 0 Å². The van der Waals surface area contributed by atoms with Gasteiger partial charge in [0, 0.05) is 27.9 Å². The number of para-hydroxylation sites is 1. The van der Waals surface area contributed by atoms with Gasteiger partial charge in [-0.3, -0.25) is 0 Å². The summed E-state index contributed by atoms with van der Waals surface area (Å²) in [4.78, 5) is 1.69. The molecule has 1 N–H and O–H groups in total. The highest BCUT2D eigenvalue weighted by atomic mass is 35.5. The minimum absolute atomic E-state index is 0.461. The summed E-state index contributed by atoms with van der Waals surface area (Å²) >= 11 is 14.1. The van der Waals surface area contributed by atoms with E-state index in [0.717, 1.165) is 52.1 Å². The first-order chi connectivity index (χ1) is 18.2. The highest BCUT2D eigenvalue weighted by Crippen LogP contribution is 2.24. The van der Waals surface area contributed by atoms with Gasteiger partial charge in [-0.2, -0.15) is 19.7 Å². The molecule has 188 valence electrons. The Kier molecular flexibility index (Phi) is 8.47. The summed E-state index contributed by atoms with van der Waals surface area (Å²) in [5, 5.41) is 27.1. The maximum atomic E-state index is 6.38.